The number of aromatic nitrogens is 1. The lowest BCUT2D eigenvalue weighted by molar-refractivity contribution is 0.0950. The van der Waals surface area contributed by atoms with Crippen LogP contribution in [0.15, 0.2) is 65.5 Å². The van der Waals surface area contributed by atoms with E-state index in [1.54, 1.807) is 18.2 Å². The van der Waals surface area contributed by atoms with Gasteiger partial charge in [-0.25, -0.2) is 0 Å². The highest BCUT2D eigenvalue weighted by atomic mass is 16.3. The normalized spacial score (nSPS) is 10.4. The van der Waals surface area contributed by atoms with Crippen molar-refractivity contribution >= 4 is 11.8 Å². The zero-order chi connectivity index (χ0) is 21.5. The van der Waals surface area contributed by atoms with Crippen LogP contribution in [0.25, 0.3) is 11.3 Å². The van der Waals surface area contributed by atoms with Crippen molar-refractivity contribution in [1.29, 1.82) is 0 Å². The van der Waals surface area contributed by atoms with Gasteiger partial charge in [0.1, 0.15) is 11.3 Å². The average Bonchev–Trinajstić information content (AvgIpc) is 2.73. The van der Waals surface area contributed by atoms with Crippen LogP contribution >= 0.6 is 0 Å². The minimum absolute atomic E-state index is 0.0218. The number of amides is 2. The van der Waals surface area contributed by atoms with Crippen LogP contribution in [0.1, 0.15) is 32.7 Å². The second-order valence-corrected chi connectivity index (χ2v) is 6.90. The van der Waals surface area contributed by atoms with Gasteiger partial charge in [0.15, 0.2) is 0 Å². The summed E-state index contributed by atoms with van der Waals surface area (Å²) in [5.74, 6) is -0.750. The maximum Gasteiger partial charge on any atom is 0.261 e. The maximum atomic E-state index is 12.3. The minimum atomic E-state index is -0.466. The summed E-state index contributed by atoms with van der Waals surface area (Å²) in [6.07, 6.45) is 0.496. The second-order valence-electron chi connectivity index (χ2n) is 6.90. The van der Waals surface area contributed by atoms with Gasteiger partial charge in [-0.2, -0.15) is 0 Å². The van der Waals surface area contributed by atoms with Crippen molar-refractivity contribution in [2.75, 3.05) is 13.1 Å². The van der Waals surface area contributed by atoms with Gasteiger partial charge in [-0.05, 0) is 55.3 Å². The van der Waals surface area contributed by atoms with Crippen LogP contribution in [-0.4, -0.2) is 35.0 Å². The number of benzene rings is 2. The van der Waals surface area contributed by atoms with Gasteiger partial charge in [0.2, 0.25) is 0 Å². The van der Waals surface area contributed by atoms with Gasteiger partial charge in [0, 0.05) is 24.3 Å². The highest BCUT2D eigenvalue weighted by molar-refractivity contribution is 5.95. The number of carbonyl (C=O) groups excluding carboxylic acids is 2. The number of rotatable bonds is 7. The molecular formula is C23H23N3O4. The molecule has 7 nitrogen and oxygen atoms in total. The number of aromatic hydroxyl groups is 1. The van der Waals surface area contributed by atoms with Gasteiger partial charge in [-0.15, -0.1) is 0 Å². The Balaban J connectivity index is 1.49. The topological polar surface area (TPSA) is 111 Å². The van der Waals surface area contributed by atoms with Crippen LogP contribution in [0.4, 0.5) is 0 Å². The van der Waals surface area contributed by atoms with Crippen molar-refractivity contribution in [3.8, 4) is 17.0 Å². The molecule has 2 aromatic carbocycles. The number of phenolic OH excluding ortho intramolecular Hbond substituents is 1. The molecule has 30 heavy (non-hydrogen) atoms. The highest BCUT2D eigenvalue weighted by Gasteiger charge is 2.11. The summed E-state index contributed by atoms with van der Waals surface area (Å²) in [6.45, 7) is 2.62. The van der Waals surface area contributed by atoms with Crippen LogP contribution < -0.4 is 16.2 Å². The first kappa shape index (κ1) is 20.9. The molecule has 3 aromatic rings. The quantitative estimate of drug-likeness (QED) is 0.453. The lowest BCUT2D eigenvalue weighted by atomic mass is 10.1. The van der Waals surface area contributed by atoms with Crippen molar-refractivity contribution in [2.24, 2.45) is 0 Å². The number of aryl methyl sites for hydroxylation is 1. The van der Waals surface area contributed by atoms with E-state index in [-0.39, 0.29) is 17.2 Å². The number of hydrogen-bond acceptors (Lipinski definition) is 4. The van der Waals surface area contributed by atoms with Crippen LogP contribution in [0, 0.1) is 6.92 Å². The van der Waals surface area contributed by atoms with Gasteiger partial charge in [-0.1, -0.05) is 29.8 Å². The maximum absolute atomic E-state index is 12.3. The third-order valence-electron chi connectivity index (χ3n) is 4.52. The number of H-pyrrole nitrogens is 1. The molecule has 0 saturated heterocycles. The molecule has 0 aliphatic rings. The lowest BCUT2D eigenvalue weighted by Gasteiger charge is -2.08. The number of aromatic amines is 1. The van der Waals surface area contributed by atoms with Crippen molar-refractivity contribution in [2.45, 2.75) is 13.3 Å². The fourth-order valence-corrected chi connectivity index (χ4v) is 2.97. The van der Waals surface area contributed by atoms with E-state index in [0.29, 0.717) is 30.8 Å². The summed E-state index contributed by atoms with van der Waals surface area (Å²) in [7, 11) is 0. The number of pyridine rings is 1. The monoisotopic (exact) mass is 405 g/mol. The average molecular weight is 405 g/mol. The Morgan fingerprint density at radius 1 is 0.933 bits per heavy atom. The van der Waals surface area contributed by atoms with E-state index >= 15 is 0 Å². The standard InChI is InChI=1S/C23H23N3O4/c1-15-5-2-6-16(13-15)20-10-9-19(23(30)26-20)22(29)25-12-4-11-24-21(28)17-7-3-8-18(27)14-17/h2-3,5-10,13-14,27H,4,11-12H2,1H3,(H,24,28)(H,25,29)(H,26,30). The predicted molar refractivity (Wildman–Crippen MR) is 115 cm³/mol. The van der Waals surface area contributed by atoms with Gasteiger partial charge < -0.3 is 20.7 Å². The number of carbonyl (C=O) groups is 2. The van der Waals surface area contributed by atoms with E-state index in [9.17, 15) is 19.5 Å². The SMILES string of the molecule is Cc1cccc(-c2ccc(C(=O)NCCCNC(=O)c3cccc(O)c3)c(=O)[nH]2)c1. The Kier molecular flexibility index (Phi) is 6.64. The first-order valence-electron chi connectivity index (χ1n) is 9.60. The fraction of sp³-hybridized carbons (Fsp3) is 0.174. The summed E-state index contributed by atoms with van der Waals surface area (Å²) < 4.78 is 0. The zero-order valence-corrected chi connectivity index (χ0v) is 16.6. The van der Waals surface area contributed by atoms with E-state index in [1.165, 1.54) is 18.2 Å². The van der Waals surface area contributed by atoms with Crippen LogP contribution in [0.2, 0.25) is 0 Å². The van der Waals surface area contributed by atoms with Crippen molar-refractivity contribution in [3.05, 3.63) is 87.7 Å². The molecule has 0 aliphatic heterocycles. The highest BCUT2D eigenvalue weighted by Crippen LogP contribution is 2.17. The molecule has 154 valence electrons. The van der Waals surface area contributed by atoms with Crippen molar-refractivity contribution in [3.63, 3.8) is 0 Å². The van der Waals surface area contributed by atoms with Crippen molar-refractivity contribution in [1.82, 2.24) is 15.6 Å². The van der Waals surface area contributed by atoms with E-state index in [1.807, 2.05) is 31.2 Å². The molecule has 4 N–H and O–H groups in total. The minimum Gasteiger partial charge on any atom is -0.508 e. The summed E-state index contributed by atoms with van der Waals surface area (Å²) in [6, 6.07) is 17.0. The van der Waals surface area contributed by atoms with Gasteiger partial charge >= 0.3 is 0 Å². The molecule has 2 amide bonds. The first-order valence-corrected chi connectivity index (χ1v) is 9.60. The Morgan fingerprint density at radius 2 is 1.67 bits per heavy atom. The Labute approximate surface area is 173 Å². The summed E-state index contributed by atoms with van der Waals surface area (Å²) in [5.41, 5.74) is 2.54. The number of nitrogens with one attached hydrogen (secondary N) is 3. The second kappa shape index (κ2) is 9.56. The molecule has 0 unspecified atom stereocenters. The van der Waals surface area contributed by atoms with E-state index in [4.69, 9.17) is 0 Å². The zero-order valence-electron chi connectivity index (χ0n) is 16.6. The van der Waals surface area contributed by atoms with Gasteiger partial charge in [-0.3, -0.25) is 14.4 Å². The molecule has 0 atom stereocenters. The number of phenols is 1. The molecule has 7 heteroatoms. The summed E-state index contributed by atoms with van der Waals surface area (Å²) >= 11 is 0. The Morgan fingerprint density at radius 3 is 2.37 bits per heavy atom. The van der Waals surface area contributed by atoms with Crippen LogP contribution in [-0.2, 0) is 0 Å². The molecule has 1 aromatic heterocycles. The van der Waals surface area contributed by atoms with Gasteiger partial charge in [0.25, 0.3) is 17.4 Å². The van der Waals surface area contributed by atoms with Crippen LogP contribution in [0.3, 0.4) is 0 Å². The molecule has 0 spiro atoms. The molecule has 3 rings (SSSR count). The van der Waals surface area contributed by atoms with E-state index < -0.39 is 11.5 Å². The van der Waals surface area contributed by atoms with Crippen molar-refractivity contribution < 1.29 is 14.7 Å². The van der Waals surface area contributed by atoms with E-state index in [0.717, 1.165) is 11.1 Å². The van der Waals surface area contributed by atoms with E-state index in [2.05, 4.69) is 15.6 Å². The molecule has 0 fully saturated rings. The Hall–Kier alpha value is -3.87. The first-order chi connectivity index (χ1) is 14.4. The fourth-order valence-electron chi connectivity index (χ4n) is 2.97. The Bertz CT molecular complexity index is 1120. The largest absolute Gasteiger partial charge is 0.508 e. The number of hydrogen-bond donors (Lipinski definition) is 4. The lowest BCUT2D eigenvalue weighted by Crippen LogP contribution is -2.32. The van der Waals surface area contributed by atoms with Gasteiger partial charge in [0.05, 0.1) is 0 Å². The molecule has 0 radical (unpaired) electrons. The summed E-state index contributed by atoms with van der Waals surface area (Å²) in [4.78, 5) is 39.3. The third-order valence-corrected chi connectivity index (χ3v) is 4.52. The molecule has 0 bridgehead atoms. The summed E-state index contributed by atoms with van der Waals surface area (Å²) in [5, 5.41) is 14.8. The third kappa shape index (κ3) is 5.35. The molecule has 0 saturated carbocycles. The molecule has 1 heterocycles. The molecule has 0 aliphatic carbocycles. The molecular weight excluding hydrogens is 382 g/mol. The smallest absolute Gasteiger partial charge is 0.261 e. The van der Waals surface area contributed by atoms with Crippen LogP contribution in [0.5, 0.6) is 5.75 Å². The predicted octanol–water partition coefficient (Wildman–Crippen LogP) is 2.61.